The molecule has 0 saturated carbocycles. The van der Waals surface area contributed by atoms with Gasteiger partial charge in [0.15, 0.2) is 12.4 Å². The van der Waals surface area contributed by atoms with Crippen molar-refractivity contribution in [3.8, 4) is 11.6 Å². The van der Waals surface area contributed by atoms with Gasteiger partial charge in [-0.25, -0.2) is 4.98 Å². The topological polar surface area (TPSA) is 77.7 Å². The van der Waals surface area contributed by atoms with Gasteiger partial charge in [-0.3, -0.25) is 4.79 Å². The number of piperidine rings is 1. The third-order valence-electron chi connectivity index (χ3n) is 3.29. The Hall–Kier alpha value is -2.17. The fourth-order valence-corrected chi connectivity index (χ4v) is 1.97. The second-order valence-electron chi connectivity index (χ2n) is 5.58. The summed E-state index contributed by atoms with van der Waals surface area (Å²) in [6.07, 6.45) is 0.242. The van der Waals surface area contributed by atoms with Crippen LogP contribution in [0.4, 0.5) is 22.0 Å². The van der Waals surface area contributed by atoms with Crippen molar-refractivity contribution in [3.05, 3.63) is 18.3 Å². The second kappa shape index (κ2) is 9.51. The molecule has 0 aromatic carbocycles. The Morgan fingerprint density at radius 3 is 2.31 bits per heavy atom. The Balaban J connectivity index is 0.000000401. The molecule has 2 N–H and O–H groups in total. The van der Waals surface area contributed by atoms with Gasteiger partial charge in [0.25, 0.3) is 11.8 Å². The number of ether oxygens (including phenoxy) is 2. The monoisotopic (exact) mass is 385 g/mol. The second-order valence-corrected chi connectivity index (χ2v) is 5.58. The van der Waals surface area contributed by atoms with E-state index in [1.807, 2.05) is 0 Å². The molecule has 6 nitrogen and oxygen atoms in total. The van der Waals surface area contributed by atoms with Gasteiger partial charge in [0.2, 0.25) is 0 Å². The standard InChI is InChI=1S/C9H7F5N2O3.C6H13N/c10-8(11,7(15)17)4-18-6-5(2-1-3-16-6)19-9(12,13)14;1-7-5-3-2-4-6-7/h1-3H,4H2,(H2,15,17);2-6H2,1H3. The molecule has 2 rings (SSSR count). The molecule has 1 aliphatic rings. The Morgan fingerprint density at radius 1 is 1.23 bits per heavy atom. The molecule has 0 atom stereocenters. The van der Waals surface area contributed by atoms with Crippen LogP contribution in [0, 0.1) is 0 Å². The molecule has 0 aliphatic carbocycles. The van der Waals surface area contributed by atoms with E-state index in [1.54, 1.807) is 0 Å². The van der Waals surface area contributed by atoms with Crippen LogP contribution in [0.2, 0.25) is 0 Å². The van der Waals surface area contributed by atoms with Crippen LogP contribution >= 0.6 is 0 Å². The lowest BCUT2D eigenvalue weighted by Gasteiger charge is -2.20. The van der Waals surface area contributed by atoms with Crippen LogP contribution in [0.25, 0.3) is 0 Å². The smallest absolute Gasteiger partial charge is 0.468 e. The predicted molar refractivity (Wildman–Crippen MR) is 81.9 cm³/mol. The van der Waals surface area contributed by atoms with E-state index in [4.69, 9.17) is 0 Å². The van der Waals surface area contributed by atoms with Crippen LogP contribution in [0.15, 0.2) is 18.3 Å². The lowest BCUT2D eigenvalue weighted by atomic mass is 10.1. The number of nitrogens with zero attached hydrogens (tertiary/aromatic N) is 2. The zero-order chi connectivity index (χ0) is 19.8. The highest BCUT2D eigenvalue weighted by atomic mass is 19.4. The molecule has 11 heteroatoms. The molecule has 1 amide bonds. The summed E-state index contributed by atoms with van der Waals surface area (Å²) in [6.45, 7) is 1.09. The van der Waals surface area contributed by atoms with Gasteiger partial charge < -0.3 is 20.1 Å². The summed E-state index contributed by atoms with van der Waals surface area (Å²) >= 11 is 0. The lowest BCUT2D eigenvalue weighted by molar-refractivity contribution is -0.275. The van der Waals surface area contributed by atoms with E-state index in [9.17, 15) is 26.7 Å². The van der Waals surface area contributed by atoms with Crippen molar-refractivity contribution in [2.75, 3.05) is 26.7 Å². The number of nitrogens with two attached hydrogens (primary N) is 1. The van der Waals surface area contributed by atoms with E-state index < -0.39 is 36.4 Å². The summed E-state index contributed by atoms with van der Waals surface area (Å²) < 4.78 is 69.4. The number of amides is 1. The average Bonchev–Trinajstić information content (AvgIpc) is 2.54. The maximum absolute atomic E-state index is 12.8. The minimum Gasteiger partial charge on any atom is -0.468 e. The number of rotatable bonds is 5. The highest BCUT2D eigenvalue weighted by Gasteiger charge is 2.39. The van der Waals surface area contributed by atoms with E-state index >= 15 is 0 Å². The molecule has 1 aromatic rings. The number of alkyl halides is 5. The van der Waals surface area contributed by atoms with Gasteiger partial charge in [0, 0.05) is 6.20 Å². The third-order valence-corrected chi connectivity index (χ3v) is 3.29. The number of carbonyl (C=O) groups is 1. The van der Waals surface area contributed by atoms with Crippen LogP contribution in [-0.4, -0.2) is 54.8 Å². The Bertz CT molecular complexity index is 578. The van der Waals surface area contributed by atoms with Crippen molar-refractivity contribution in [3.63, 3.8) is 0 Å². The van der Waals surface area contributed by atoms with E-state index in [0.29, 0.717) is 0 Å². The molecular weight excluding hydrogens is 365 g/mol. The van der Waals surface area contributed by atoms with Gasteiger partial charge in [0.05, 0.1) is 0 Å². The van der Waals surface area contributed by atoms with Gasteiger partial charge >= 0.3 is 12.3 Å². The van der Waals surface area contributed by atoms with Gasteiger partial charge in [-0.05, 0) is 45.1 Å². The fraction of sp³-hybridized carbons (Fsp3) is 0.600. The molecule has 0 radical (unpaired) electrons. The zero-order valence-electron chi connectivity index (χ0n) is 14.1. The Morgan fingerprint density at radius 2 is 1.85 bits per heavy atom. The van der Waals surface area contributed by atoms with Gasteiger partial charge in [-0.15, -0.1) is 13.2 Å². The van der Waals surface area contributed by atoms with E-state index in [-0.39, 0.29) is 0 Å². The fourth-order valence-electron chi connectivity index (χ4n) is 1.97. The molecule has 1 aliphatic heterocycles. The zero-order valence-corrected chi connectivity index (χ0v) is 14.1. The third kappa shape index (κ3) is 8.28. The van der Waals surface area contributed by atoms with Crippen LogP contribution in [-0.2, 0) is 4.79 Å². The Kier molecular flexibility index (Phi) is 8.00. The quantitative estimate of drug-likeness (QED) is 0.789. The molecule has 0 unspecified atom stereocenters. The van der Waals surface area contributed by atoms with Crippen molar-refractivity contribution in [2.24, 2.45) is 5.73 Å². The van der Waals surface area contributed by atoms with Crippen molar-refractivity contribution < 1.29 is 36.2 Å². The minimum absolute atomic E-state index is 0.818. The number of likely N-dealkylation sites (tertiary alicyclic amines) is 1. The molecule has 1 aromatic heterocycles. The summed E-state index contributed by atoms with van der Waals surface area (Å²) in [6, 6.07) is 1.90. The van der Waals surface area contributed by atoms with Crippen molar-refractivity contribution >= 4 is 5.91 Å². The number of primary amides is 1. The van der Waals surface area contributed by atoms with Crippen molar-refractivity contribution in [1.29, 1.82) is 0 Å². The molecule has 148 valence electrons. The number of hydrogen-bond donors (Lipinski definition) is 1. The van der Waals surface area contributed by atoms with E-state index in [1.165, 1.54) is 32.4 Å². The minimum atomic E-state index is -5.03. The van der Waals surface area contributed by atoms with Crippen LogP contribution in [0.5, 0.6) is 11.6 Å². The summed E-state index contributed by atoms with van der Waals surface area (Å²) in [4.78, 5) is 16.0. The number of hydrogen-bond acceptors (Lipinski definition) is 5. The van der Waals surface area contributed by atoms with Crippen LogP contribution < -0.4 is 15.2 Å². The van der Waals surface area contributed by atoms with Gasteiger partial charge in [0.1, 0.15) is 0 Å². The SMILES string of the molecule is CN1CCCCC1.NC(=O)C(F)(F)COc1ncccc1OC(F)(F)F. The molecule has 0 spiro atoms. The normalized spacial score (nSPS) is 15.6. The first kappa shape index (κ1) is 21.9. The van der Waals surface area contributed by atoms with Crippen LogP contribution in [0.3, 0.4) is 0 Å². The maximum atomic E-state index is 12.8. The van der Waals surface area contributed by atoms with E-state index in [0.717, 1.165) is 18.3 Å². The molecule has 1 saturated heterocycles. The Labute approximate surface area is 147 Å². The van der Waals surface area contributed by atoms with Crippen molar-refractivity contribution in [1.82, 2.24) is 9.88 Å². The largest absolute Gasteiger partial charge is 0.573 e. The first-order valence-corrected chi connectivity index (χ1v) is 7.71. The summed E-state index contributed by atoms with van der Waals surface area (Å²) in [5, 5.41) is 0. The lowest BCUT2D eigenvalue weighted by Crippen LogP contribution is -2.40. The summed E-state index contributed by atoms with van der Waals surface area (Å²) in [5.74, 6) is -7.75. The van der Waals surface area contributed by atoms with E-state index in [2.05, 4.69) is 32.1 Å². The molecular formula is C15H20F5N3O3. The number of aromatic nitrogens is 1. The van der Waals surface area contributed by atoms with Crippen molar-refractivity contribution in [2.45, 2.75) is 31.5 Å². The molecule has 26 heavy (non-hydrogen) atoms. The van der Waals surface area contributed by atoms with Gasteiger partial charge in [-0.1, -0.05) is 6.42 Å². The number of pyridine rings is 1. The van der Waals surface area contributed by atoms with Crippen LogP contribution in [0.1, 0.15) is 19.3 Å². The highest BCUT2D eigenvalue weighted by molar-refractivity contribution is 5.81. The first-order chi connectivity index (χ1) is 12.0. The molecule has 2 heterocycles. The molecule has 1 fully saturated rings. The first-order valence-electron chi connectivity index (χ1n) is 7.71. The average molecular weight is 385 g/mol. The molecule has 0 bridgehead atoms. The maximum Gasteiger partial charge on any atom is 0.573 e. The van der Waals surface area contributed by atoms with Gasteiger partial charge in [-0.2, -0.15) is 8.78 Å². The summed E-state index contributed by atoms with van der Waals surface area (Å²) in [7, 11) is 2.19. The number of carbonyl (C=O) groups excluding carboxylic acids is 1. The number of halogens is 5. The highest BCUT2D eigenvalue weighted by Crippen LogP contribution is 2.30. The summed E-state index contributed by atoms with van der Waals surface area (Å²) in [5.41, 5.74) is 4.37. The predicted octanol–water partition coefficient (Wildman–Crippen LogP) is 2.58.